The summed E-state index contributed by atoms with van der Waals surface area (Å²) >= 11 is 0. The van der Waals surface area contributed by atoms with Gasteiger partial charge in [0.25, 0.3) is 5.79 Å². The summed E-state index contributed by atoms with van der Waals surface area (Å²) in [6.07, 6.45) is -1.54. The van der Waals surface area contributed by atoms with Gasteiger partial charge in [-0.05, 0) is 24.0 Å². The molecule has 0 unspecified atom stereocenters. The second-order valence-electron chi connectivity index (χ2n) is 11.0. The van der Waals surface area contributed by atoms with Crippen LogP contribution < -0.4 is 0 Å². The van der Waals surface area contributed by atoms with Crippen LogP contribution in [0.4, 0.5) is 0 Å². The summed E-state index contributed by atoms with van der Waals surface area (Å²) in [6.45, 7) is 13.5. The number of fused-ring (bicyclic) bond motifs is 2. The lowest BCUT2D eigenvalue weighted by Gasteiger charge is -2.58. The maximum Gasteiger partial charge on any atom is 0.303 e. The Morgan fingerprint density at radius 1 is 1.03 bits per heavy atom. The van der Waals surface area contributed by atoms with Gasteiger partial charge in [-0.3, -0.25) is 19.2 Å². The fraction of sp³-hybridized carbons (Fsp3) is 0.692. The third-order valence-electron chi connectivity index (χ3n) is 8.34. The first kappa shape index (κ1) is 25.6. The maximum absolute atomic E-state index is 14.2. The SMILES string of the molecule is C=C1[C@@H](OC(C)=O)CC[C@@]2(C)C(=O)[C@@]3(O)OCC4=C3C(C)(C)[C@@H]([C@@H](OC(C)=O)[C@H]12)[C@@H](OC(C)=O)C4. The molecule has 2 fully saturated rings. The normalized spacial score (nSPS) is 39.8. The first-order chi connectivity index (χ1) is 16.1. The van der Waals surface area contributed by atoms with E-state index >= 15 is 0 Å². The Bertz CT molecular complexity index is 1040. The minimum Gasteiger partial charge on any atom is -0.462 e. The molecule has 4 rings (SSSR count). The molecule has 0 aromatic carbocycles. The summed E-state index contributed by atoms with van der Waals surface area (Å²) in [7, 11) is 0. The fourth-order valence-electron chi connectivity index (χ4n) is 7.23. The zero-order valence-electron chi connectivity index (χ0n) is 21.1. The Morgan fingerprint density at radius 2 is 1.63 bits per heavy atom. The summed E-state index contributed by atoms with van der Waals surface area (Å²) in [6, 6.07) is 0. The molecule has 35 heavy (non-hydrogen) atoms. The van der Waals surface area contributed by atoms with Crippen LogP contribution in [0.5, 0.6) is 0 Å². The van der Waals surface area contributed by atoms with Crippen molar-refractivity contribution in [1.29, 1.82) is 0 Å². The summed E-state index contributed by atoms with van der Waals surface area (Å²) < 4.78 is 23.1. The van der Waals surface area contributed by atoms with Gasteiger partial charge in [0, 0.05) is 55.4 Å². The van der Waals surface area contributed by atoms with Crippen LogP contribution in [0.1, 0.15) is 60.8 Å². The van der Waals surface area contributed by atoms with Crippen LogP contribution in [-0.4, -0.2) is 59.5 Å². The van der Waals surface area contributed by atoms with E-state index in [1.165, 1.54) is 20.8 Å². The van der Waals surface area contributed by atoms with E-state index in [1.54, 1.807) is 6.92 Å². The number of Topliss-reactive ketones (excluding diaryl/α,β-unsaturated/α-hetero) is 1. The van der Waals surface area contributed by atoms with E-state index in [9.17, 15) is 24.3 Å². The number of rotatable bonds is 3. The van der Waals surface area contributed by atoms with Crippen LogP contribution >= 0.6 is 0 Å². The van der Waals surface area contributed by atoms with Crippen LogP contribution in [0.25, 0.3) is 0 Å². The van der Waals surface area contributed by atoms with Crippen LogP contribution in [0.2, 0.25) is 0 Å². The first-order valence-electron chi connectivity index (χ1n) is 12.0. The molecule has 2 bridgehead atoms. The topological polar surface area (TPSA) is 125 Å². The Hall–Kier alpha value is -2.52. The van der Waals surface area contributed by atoms with Gasteiger partial charge in [-0.2, -0.15) is 0 Å². The van der Waals surface area contributed by atoms with Gasteiger partial charge in [-0.25, -0.2) is 0 Å². The quantitative estimate of drug-likeness (QED) is 0.361. The summed E-state index contributed by atoms with van der Waals surface area (Å²) in [5.41, 5.74) is -0.621. The van der Waals surface area contributed by atoms with Gasteiger partial charge in [0.15, 0.2) is 0 Å². The maximum atomic E-state index is 14.2. The minimum atomic E-state index is -2.17. The Balaban J connectivity index is 1.99. The van der Waals surface area contributed by atoms with E-state index in [0.717, 1.165) is 0 Å². The third-order valence-corrected chi connectivity index (χ3v) is 8.34. The summed E-state index contributed by atoms with van der Waals surface area (Å²) in [4.78, 5) is 50.6. The zero-order chi connectivity index (χ0) is 26.1. The molecule has 4 aliphatic rings. The highest BCUT2D eigenvalue weighted by Crippen LogP contribution is 2.63. The predicted octanol–water partition coefficient (Wildman–Crippen LogP) is 2.40. The third kappa shape index (κ3) is 3.74. The van der Waals surface area contributed by atoms with Crippen molar-refractivity contribution in [2.24, 2.45) is 22.7 Å². The van der Waals surface area contributed by atoms with Gasteiger partial charge in [-0.1, -0.05) is 27.4 Å². The molecule has 0 spiro atoms. The van der Waals surface area contributed by atoms with Gasteiger partial charge in [0.2, 0.25) is 5.78 Å². The molecular weight excluding hydrogens is 456 g/mol. The van der Waals surface area contributed by atoms with E-state index in [4.69, 9.17) is 18.9 Å². The number of aliphatic hydroxyl groups is 1. The second-order valence-corrected chi connectivity index (χ2v) is 11.0. The number of esters is 3. The standard InChI is InChI=1S/C26H34O9/c1-12-17(33-13(2)27)8-9-25(7)19(12)21(35-15(4)29)20-18(34-14(3)28)10-16-11-32-26(31,23(25)30)22(16)24(20,5)6/h17-21,31H,1,8-11H2,2-7H3/t17-,18-,19-,20+,21-,25+,26-/m0/s1. The van der Waals surface area contributed by atoms with E-state index in [1.807, 2.05) is 13.8 Å². The molecule has 0 aromatic heterocycles. The van der Waals surface area contributed by atoms with E-state index in [2.05, 4.69) is 6.58 Å². The lowest BCUT2D eigenvalue weighted by atomic mass is 9.49. The van der Waals surface area contributed by atoms with Crippen molar-refractivity contribution in [2.75, 3.05) is 6.61 Å². The van der Waals surface area contributed by atoms with Gasteiger partial charge >= 0.3 is 17.9 Å². The highest BCUT2D eigenvalue weighted by molar-refractivity contribution is 5.96. The van der Waals surface area contributed by atoms with Gasteiger partial charge in [0.05, 0.1) is 6.61 Å². The van der Waals surface area contributed by atoms with E-state index in [0.29, 0.717) is 23.1 Å². The minimum absolute atomic E-state index is 0.0293. The molecule has 7 atom stereocenters. The van der Waals surface area contributed by atoms with Gasteiger partial charge in [0.1, 0.15) is 18.3 Å². The number of carbonyl (C=O) groups is 4. The molecular formula is C26H34O9. The zero-order valence-corrected chi connectivity index (χ0v) is 21.1. The molecule has 0 saturated heterocycles. The molecule has 1 heterocycles. The first-order valence-corrected chi connectivity index (χ1v) is 12.0. The molecule has 3 aliphatic carbocycles. The van der Waals surface area contributed by atoms with Crippen molar-refractivity contribution in [3.8, 4) is 0 Å². The molecule has 192 valence electrons. The molecule has 9 heteroatoms. The van der Waals surface area contributed by atoms with Crippen LogP contribution in [0, 0.1) is 22.7 Å². The molecule has 9 nitrogen and oxygen atoms in total. The lowest BCUT2D eigenvalue weighted by Crippen LogP contribution is -2.66. The van der Waals surface area contributed by atoms with Crippen molar-refractivity contribution >= 4 is 23.7 Å². The van der Waals surface area contributed by atoms with Crippen molar-refractivity contribution in [1.82, 2.24) is 0 Å². The van der Waals surface area contributed by atoms with Gasteiger partial charge < -0.3 is 24.1 Å². The number of carbonyl (C=O) groups excluding carboxylic acids is 4. The number of hydrogen-bond acceptors (Lipinski definition) is 9. The second kappa shape index (κ2) is 8.27. The highest BCUT2D eigenvalue weighted by Gasteiger charge is 2.70. The average molecular weight is 491 g/mol. The van der Waals surface area contributed by atoms with Crippen molar-refractivity contribution < 1.29 is 43.2 Å². The number of hydrogen-bond donors (Lipinski definition) is 1. The molecule has 0 amide bonds. The molecule has 0 aromatic rings. The van der Waals surface area contributed by atoms with Crippen LogP contribution in [-0.2, 0) is 38.1 Å². The Kier molecular flexibility index (Phi) is 6.04. The highest BCUT2D eigenvalue weighted by atomic mass is 16.6. The van der Waals surface area contributed by atoms with Crippen molar-refractivity contribution in [3.63, 3.8) is 0 Å². The van der Waals surface area contributed by atoms with E-state index < -0.39 is 70.5 Å². The van der Waals surface area contributed by atoms with Crippen LogP contribution in [0.15, 0.2) is 23.3 Å². The number of ketones is 1. The van der Waals surface area contributed by atoms with Crippen LogP contribution in [0.3, 0.4) is 0 Å². The van der Waals surface area contributed by atoms with Crippen molar-refractivity contribution in [3.05, 3.63) is 23.3 Å². The fourth-order valence-corrected chi connectivity index (χ4v) is 7.23. The Morgan fingerprint density at radius 3 is 2.20 bits per heavy atom. The molecule has 1 N–H and O–H groups in total. The van der Waals surface area contributed by atoms with Gasteiger partial charge in [-0.15, -0.1) is 0 Å². The lowest BCUT2D eigenvalue weighted by molar-refractivity contribution is -0.215. The monoisotopic (exact) mass is 490 g/mol. The smallest absolute Gasteiger partial charge is 0.303 e. The van der Waals surface area contributed by atoms with Crippen molar-refractivity contribution in [2.45, 2.75) is 84.9 Å². The summed E-state index contributed by atoms with van der Waals surface area (Å²) in [5.74, 6) is -5.71. The molecule has 0 radical (unpaired) electrons. The largest absolute Gasteiger partial charge is 0.462 e. The summed E-state index contributed by atoms with van der Waals surface area (Å²) in [5, 5.41) is 11.8. The number of ether oxygens (including phenoxy) is 4. The molecule has 1 aliphatic heterocycles. The Labute approximate surface area is 204 Å². The molecule has 2 saturated carbocycles. The van der Waals surface area contributed by atoms with E-state index in [-0.39, 0.29) is 19.4 Å². The predicted molar refractivity (Wildman–Crippen MR) is 121 cm³/mol. The average Bonchev–Trinajstić information content (AvgIpc) is 3.05.